The van der Waals surface area contributed by atoms with E-state index in [2.05, 4.69) is 10.1 Å². The van der Waals surface area contributed by atoms with E-state index in [-0.39, 0.29) is 11.8 Å². The highest BCUT2D eigenvalue weighted by Gasteiger charge is 2.24. The van der Waals surface area contributed by atoms with Gasteiger partial charge >= 0.3 is 5.97 Å². The Hall–Kier alpha value is -1.39. The average molecular weight is 184 g/mol. The second-order valence-corrected chi connectivity index (χ2v) is 3.75. The first-order chi connectivity index (χ1) is 5.99. The van der Waals surface area contributed by atoms with Gasteiger partial charge in [-0.1, -0.05) is 19.0 Å². The van der Waals surface area contributed by atoms with Crippen LogP contribution >= 0.6 is 0 Å². The molecule has 1 rings (SSSR count). The molecule has 0 atom stereocenters. The number of aromatic nitrogens is 2. The molecule has 0 unspecified atom stereocenters. The zero-order valence-electron chi connectivity index (χ0n) is 7.65. The monoisotopic (exact) mass is 184 g/mol. The van der Waals surface area contributed by atoms with E-state index in [9.17, 15) is 4.79 Å². The molecule has 5 nitrogen and oxygen atoms in total. The molecule has 72 valence electrons. The van der Waals surface area contributed by atoms with Crippen molar-refractivity contribution >= 4 is 5.97 Å². The Morgan fingerprint density at radius 1 is 1.69 bits per heavy atom. The van der Waals surface area contributed by atoms with Crippen LogP contribution in [0.4, 0.5) is 0 Å². The first-order valence-electron chi connectivity index (χ1n) is 3.97. The average Bonchev–Trinajstić information content (AvgIpc) is 2.34. The molecule has 0 bridgehead atoms. The minimum absolute atomic E-state index is 0.0926. The summed E-state index contributed by atoms with van der Waals surface area (Å²) in [6, 6.07) is 0. The molecular weight excluding hydrogens is 172 g/mol. The van der Waals surface area contributed by atoms with Gasteiger partial charge in [0.1, 0.15) is 0 Å². The quantitative estimate of drug-likeness (QED) is 0.758. The summed E-state index contributed by atoms with van der Waals surface area (Å²) in [4.78, 5) is 14.3. The van der Waals surface area contributed by atoms with Crippen molar-refractivity contribution < 1.29 is 14.4 Å². The normalized spacial score (nSPS) is 11.5. The van der Waals surface area contributed by atoms with Crippen LogP contribution in [0.3, 0.4) is 0 Å². The van der Waals surface area contributed by atoms with Gasteiger partial charge in [0.25, 0.3) is 0 Å². The van der Waals surface area contributed by atoms with Crippen LogP contribution in [0, 0.1) is 5.41 Å². The van der Waals surface area contributed by atoms with Crippen LogP contribution in [0.1, 0.15) is 26.2 Å². The lowest BCUT2D eigenvalue weighted by molar-refractivity contribution is -0.139. The van der Waals surface area contributed by atoms with Crippen LogP contribution < -0.4 is 0 Å². The topological polar surface area (TPSA) is 76.2 Å². The fourth-order valence-electron chi connectivity index (χ4n) is 1.16. The molecule has 5 heteroatoms. The molecule has 0 fully saturated rings. The van der Waals surface area contributed by atoms with Crippen molar-refractivity contribution in [2.75, 3.05) is 0 Å². The van der Waals surface area contributed by atoms with Gasteiger partial charge in [0.15, 0.2) is 6.33 Å². The molecule has 0 aliphatic heterocycles. The van der Waals surface area contributed by atoms with E-state index in [1.54, 1.807) is 0 Å². The summed E-state index contributed by atoms with van der Waals surface area (Å²) in [5.74, 6) is -0.337. The molecule has 0 saturated carbocycles. The van der Waals surface area contributed by atoms with Gasteiger partial charge in [0, 0.05) is 6.42 Å². The SMILES string of the molecule is CC(C)(CC(=O)O)Cc1ncno1. The number of hydrogen-bond acceptors (Lipinski definition) is 4. The molecule has 0 spiro atoms. The summed E-state index contributed by atoms with van der Waals surface area (Å²) in [5.41, 5.74) is -0.349. The number of aliphatic carboxylic acids is 1. The zero-order chi connectivity index (χ0) is 9.90. The summed E-state index contributed by atoms with van der Waals surface area (Å²) >= 11 is 0. The third-order valence-corrected chi connectivity index (χ3v) is 1.67. The number of nitrogens with zero attached hydrogens (tertiary/aromatic N) is 2. The molecule has 1 heterocycles. The van der Waals surface area contributed by atoms with Crippen molar-refractivity contribution in [2.45, 2.75) is 26.7 Å². The maximum absolute atomic E-state index is 10.5. The fourth-order valence-corrected chi connectivity index (χ4v) is 1.16. The van der Waals surface area contributed by atoms with E-state index in [0.717, 1.165) is 0 Å². The predicted molar refractivity (Wildman–Crippen MR) is 44.0 cm³/mol. The molecule has 1 aromatic rings. The lowest BCUT2D eigenvalue weighted by atomic mass is 9.86. The number of carbonyl (C=O) groups is 1. The van der Waals surface area contributed by atoms with Crippen LogP contribution in [0.25, 0.3) is 0 Å². The molecule has 0 aliphatic rings. The molecule has 0 aliphatic carbocycles. The number of hydrogen-bond donors (Lipinski definition) is 1. The van der Waals surface area contributed by atoms with Gasteiger partial charge in [-0.05, 0) is 5.41 Å². The number of carboxylic acid groups (broad SMARTS) is 1. The predicted octanol–water partition coefficient (Wildman–Crippen LogP) is 1.11. The highest BCUT2D eigenvalue weighted by Crippen LogP contribution is 2.24. The zero-order valence-corrected chi connectivity index (χ0v) is 7.65. The molecule has 13 heavy (non-hydrogen) atoms. The molecule has 0 aromatic carbocycles. The first kappa shape index (κ1) is 9.70. The van der Waals surface area contributed by atoms with Crippen LogP contribution in [0.15, 0.2) is 10.9 Å². The van der Waals surface area contributed by atoms with E-state index < -0.39 is 5.97 Å². The van der Waals surface area contributed by atoms with E-state index in [1.165, 1.54) is 6.33 Å². The Morgan fingerprint density at radius 3 is 2.85 bits per heavy atom. The number of rotatable bonds is 4. The van der Waals surface area contributed by atoms with Crippen molar-refractivity contribution in [3.63, 3.8) is 0 Å². The highest BCUT2D eigenvalue weighted by atomic mass is 16.5. The Kier molecular flexibility index (Phi) is 2.65. The van der Waals surface area contributed by atoms with Gasteiger partial charge in [-0.15, -0.1) is 0 Å². The molecule has 1 N–H and O–H groups in total. The molecule has 0 amide bonds. The standard InChI is InChI=1S/C8H12N2O3/c1-8(2,4-7(11)12)3-6-9-5-10-13-6/h5H,3-4H2,1-2H3,(H,11,12). The van der Waals surface area contributed by atoms with E-state index >= 15 is 0 Å². The van der Waals surface area contributed by atoms with E-state index in [0.29, 0.717) is 12.3 Å². The summed E-state index contributed by atoms with van der Waals surface area (Å²) in [7, 11) is 0. The summed E-state index contributed by atoms with van der Waals surface area (Å²) in [6.45, 7) is 3.70. The first-order valence-corrected chi connectivity index (χ1v) is 3.97. The largest absolute Gasteiger partial charge is 0.481 e. The van der Waals surface area contributed by atoms with Crippen molar-refractivity contribution in [1.82, 2.24) is 10.1 Å². The van der Waals surface area contributed by atoms with Crippen LogP contribution in [-0.4, -0.2) is 21.2 Å². The van der Waals surface area contributed by atoms with Crippen LogP contribution in [0.5, 0.6) is 0 Å². The summed E-state index contributed by atoms with van der Waals surface area (Å²) in [5, 5.41) is 12.1. The molecular formula is C8H12N2O3. The van der Waals surface area contributed by atoms with E-state index in [4.69, 9.17) is 9.63 Å². The second-order valence-electron chi connectivity index (χ2n) is 3.75. The van der Waals surface area contributed by atoms with Crippen molar-refractivity contribution in [3.05, 3.63) is 12.2 Å². The van der Waals surface area contributed by atoms with Gasteiger partial charge in [0.2, 0.25) is 5.89 Å². The smallest absolute Gasteiger partial charge is 0.303 e. The van der Waals surface area contributed by atoms with Gasteiger partial charge in [0.05, 0.1) is 6.42 Å². The van der Waals surface area contributed by atoms with Crippen molar-refractivity contribution in [1.29, 1.82) is 0 Å². The lowest BCUT2D eigenvalue weighted by Crippen LogP contribution is -2.19. The van der Waals surface area contributed by atoms with Gasteiger partial charge < -0.3 is 9.63 Å². The maximum Gasteiger partial charge on any atom is 0.303 e. The van der Waals surface area contributed by atoms with Crippen LogP contribution in [-0.2, 0) is 11.2 Å². The van der Waals surface area contributed by atoms with Crippen molar-refractivity contribution in [2.24, 2.45) is 5.41 Å². The Labute approximate surface area is 75.8 Å². The third kappa shape index (κ3) is 3.23. The molecule has 1 aromatic heterocycles. The van der Waals surface area contributed by atoms with Gasteiger partial charge in [-0.25, -0.2) is 0 Å². The lowest BCUT2D eigenvalue weighted by Gasteiger charge is -2.19. The Morgan fingerprint density at radius 2 is 2.38 bits per heavy atom. The summed E-state index contributed by atoms with van der Waals surface area (Å²) < 4.78 is 4.80. The highest BCUT2D eigenvalue weighted by molar-refractivity contribution is 5.67. The Bertz CT molecular complexity index is 280. The summed E-state index contributed by atoms with van der Waals surface area (Å²) in [6.07, 6.45) is 1.89. The minimum atomic E-state index is -0.815. The Balaban J connectivity index is 2.56. The second kappa shape index (κ2) is 3.55. The van der Waals surface area contributed by atoms with Crippen LogP contribution in [0.2, 0.25) is 0 Å². The maximum atomic E-state index is 10.5. The number of carboxylic acids is 1. The molecule has 0 radical (unpaired) electrons. The van der Waals surface area contributed by atoms with E-state index in [1.807, 2.05) is 13.8 Å². The fraction of sp³-hybridized carbons (Fsp3) is 0.625. The van der Waals surface area contributed by atoms with Gasteiger partial charge in [-0.2, -0.15) is 4.98 Å². The van der Waals surface area contributed by atoms with Crippen molar-refractivity contribution in [3.8, 4) is 0 Å². The minimum Gasteiger partial charge on any atom is -0.481 e. The third-order valence-electron chi connectivity index (χ3n) is 1.67. The van der Waals surface area contributed by atoms with Gasteiger partial charge in [-0.3, -0.25) is 4.79 Å². The molecule has 0 saturated heterocycles.